The highest BCUT2D eigenvalue weighted by Crippen LogP contribution is 2.27. The fraction of sp³-hybridized carbons (Fsp3) is 0.704. The molecule has 29 heavy (non-hydrogen) atoms. The number of unbranched alkanes of at least 4 members (excludes halogenated alkanes) is 11. The van der Waals surface area contributed by atoms with Gasteiger partial charge in [-0.1, -0.05) is 82.6 Å². The largest absolute Gasteiger partial charge is 0.490 e. The molecule has 1 heterocycles. The number of hydrogen-bond acceptors (Lipinski definition) is 2. The van der Waals surface area contributed by atoms with Crippen LogP contribution in [0.25, 0.3) is 0 Å². The molecule has 2 nitrogen and oxygen atoms in total. The van der Waals surface area contributed by atoms with Gasteiger partial charge in [-0.15, -0.1) is 0 Å². The summed E-state index contributed by atoms with van der Waals surface area (Å²) in [7, 11) is 0. The van der Waals surface area contributed by atoms with Gasteiger partial charge in [0, 0.05) is 0 Å². The Morgan fingerprint density at radius 2 is 1.52 bits per heavy atom. The number of allylic oxidation sites excluding steroid dienone is 2. The normalized spacial score (nSPS) is 18.4. The number of aryl methyl sites for hydroxylation is 1. The van der Waals surface area contributed by atoms with E-state index in [4.69, 9.17) is 9.47 Å². The summed E-state index contributed by atoms with van der Waals surface area (Å²) in [6.45, 7) is 5.86. The van der Waals surface area contributed by atoms with Crippen LogP contribution in [0.3, 0.4) is 0 Å². The maximum Gasteiger partial charge on any atom is 0.123 e. The van der Waals surface area contributed by atoms with Crippen molar-refractivity contribution >= 4 is 0 Å². The lowest BCUT2D eigenvalue weighted by molar-refractivity contribution is 0.202. The Balaban J connectivity index is 1.40. The van der Waals surface area contributed by atoms with Crippen molar-refractivity contribution < 1.29 is 9.47 Å². The first-order valence-electron chi connectivity index (χ1n) is 12.2. The van der Waals surface area contributed by atoms with Crippen molar-refractivity contribution in [1.29, 1.82) is 0 Å². The zero-order valence-electron chi connectivity index (χ0n) is 19.1. The topological polar surface area (TPSA) is 21.8 Å². The second kappa shape index (κ2) is 14.7. The van der Waals surface area contributed by atoms with Gasteiger partial charge in [-0.05, 0) is 63.1 Å². The first-order chi connectivity index (χ1) is 14.2. The molecule has 1 aliphatic rings. The molecule has 0 saturated carbocycles. The molecule has 1 saturated heterocycles. The van der Waals surface area contributed by atoms with Gasteiger partial charge < -0.3 is 9.47 Å². The van der Waals surface area contributed by atoms with Gasteiger partial charge in [0.15, 0.2) is 0 Å². The molecule has 0 bridgehead atoms. The summed E-state index contributed by atoms with van der Waals surface area (Å²) < 4.78 is 11.2. The lowest BCUT2D eigenvalue weighted by atomic mass is 10.0. The van der Waals surface area contributed by atoms with E-state index in [9.17, 15) is 0 Å². The second-order valence-electron chi connectivity index (χ2n) is 9.01. The molecular formula is C27H44O2. The van der Waals surface area contributed by atoms with Crippen LogP contribution < -0.4 is 4.74 Å². The molecule has 0 spiro atoms. The monoisotopic (exact) mass is 400 g/mol. The molecule has 1 unspecified atom stereocenters. The van der Waals surface area contributed by atoms with Crippen LogP contribution in [0.4, 0.5) is 0 Å². The summed E-state index contributed by atoms with van der Waals surface area (Å²) in [5.74, 6) is 0.977. The standard InChI is InChI=1S/C27H44O2/c1-3-4-5-6-7-8-9-10-11-12-13-14-15-16-17-19-25-20-18-21-26(22-25)28-23-27(2)24-29-27/h11-12,18,20-22H,3-10,13-17,19,23-24H2,1-2H3/b12-11+. The number of hydrogen-bond donors (Lipinski definition) is 0. The van der Waals surface area contributed by atoms with Crippen LogP contribution in [0.15, 0.2) is 36.4 Å². The molecule has 0 aromatic heterocycles. The van der Waals surface area contributed by atoms with Crippen LogP contribution in [0.5, 0.6) is 5.75 Å². The molecular weight excluding hydrogens is 356 g/mol. The molecule has 1 atom stereocenters. The van der Waals surface area contributed by atoms with Gasteiger partial charge in [0.1, 0.15) is 18.0 Å². The number of benzene rings is 1. The second-order valence-corrected chi connectivity index (χ2v) is 9.01. The smallest absolute Gasteiger partial charge is 0.123 e. The van der Waals surface area contributed by atoms with Crippen LogP contribution in [-0.2, 0) is 11.2 Å². The fourth-order valence-corrected chi connectivity index (χ4v) is 3.63. The maximum absolute atomic E-state index is 5.87. The van der Waals surface area contributed by atoms with Crippen molar-refractivity contribution in [3.8, 4) is 5.75 Å². The number of epoxide rings is 1. The molecule has 0 amide bonds. The average Bonchev–Trinajstić information content (AvgIpc) is 3.47. The van der Waals surface area contributed by atoms with E-state index in [1.807, 2.05) is 6.07 Å². The van der Waals surface area contributed by atoms with Gasteiger partial charge in [0.05, 0.1) is 6.61 Å². The van der Waals surface area contributed by atoms with E-state index in [-0.39, 0.29) is 5.60 Å². The highest BCUT2D eigenvalue weighted by Gasteiger charge is 2.40. The molecule has 1 fully saturated rings. The summed E-state index contributed by atoms with van der Waals surface area (Å²) in [6.07, 6.45) is 23.6. The third kappa shape index (κ3) is 12.1. The van der Waals surface area contributed by atoms with Crippen molar-refractivity contribution in [1.82, 2.24) is 0 Å². The van der Waals surface area contributed by atoms with Gasteiger partial charge in [0.2, 0.25) is 0 Å². The minimum absolute atomic E-state index is 0.0430. The van der Waals surface area contributed by atoms with E-state index < -0.39 is 0 Å². The van der Waals surface area contributed by atoms with Crippen molar-refractivity contribution in [3.63, 3.8) is 0 Å². The van der Waals surface area contributed by atoms with E-state index in [1.165, 1.54) is 89.0 Å². The number of rotatable bonds is 18. The minimum Gasteiger partial charge on any atom is -0.490 e. The first kappa shape index (κ1) is 24.0. The van der Waals surface area contributed by atoms with Crippen molar-refractivity contribution in [2.45, 2.75) is 109 Å². The summed E-state index contributed by atoms with van der Waals surface area (Å²) in [4.78, 5) is 0. The van der Waals surface area contributed by atoms with E-state index in [0.29, 0.717) is 6.61 Å². The summed E-state index contributed by atoms with van der Waals surface area (Å²) in [5.41, 5.74) is 1.34. The van der Waals surface area contributed by atoms with Crippen molar-refractivity contribution in [2.24, 2.45) is 0 Å². The SMILES string of the molecule is CCCCCCCCC/C=C/CCCCCCc1cccc(OCC2(C)CO2)c1. The van der Waals surface area contributed by atoms with Gasteiger partial charge in [-0.2, -0.15) is 0 Å². The quantitative estimate of drug-likeness (QED) is 0.141. The Morgan fingerprint density at radius 1 is 0.897 bits per heavy atom. The van der Waals surface area contributed by atoms with E-state index in [2.05, 4.69) is 44.2 Å². The lowest BCUT2D eigenvalue weighted by Gasteiger charge is -2.10. The van der Waals surface area contributed by atoms with Crippen LogP contribution in [0.1, 0.15) is 103 Å². The molecule has 164 valence electrons. The summed E-state index contributed by atoms with van der Waals surface area (Å²) in [6, 6.07) is 8.57. The van der Waals surface area contributed by atoms with Gasteiger partial charge in [0.25, 0.3) is 0 Å². The van der Waals surface area contributed by atoms with Gasteiger partial charge >= 0.3 is 0 Å². The van der Waals surface area contributed by atoms with Crippen LogP contribution in [0, 0.1) is 0 Å². The van der Waals surface area contributed by atoms with E-state index in [1.54, 1.807) is 0 Å². The maximum atomic E-state index is 5.87. The van der Waals surface area contributed by atoms with Crippen molar-refractivity contribution in [2.75, 3.05) is 13.2 Å². The Kier molecular flexibility index (Phi) is 12.1. The molecule has 2 heteroatoms. The third-order valence-electron chi connectivity index (χ3n) is 5.81. The molecule has 2 rings (SSSR count). The van der Waals surface area contributed by atoms with E-state index >= 15 is 0 Å². The zero-order valence-corrected chi connectivity index (χ0v) is 19.1. The molecule has 0 radical (unpaired) electrons. The van der Waals surface area contributed by atoms with Crippen LogP contribution in [0.2, 0.25) is 0 Å². The predicted molar refractivity (Wildman–Crippen MR) is 125 cm³/mol. The first-order valence-corrected chi connectivity index (χ1v) is 12.2. The summed E-state index contributed by atoms with van der Waals surface area (Å²) >= 11 is 0. The highest BCUT2D eigenvalue weighted by atomic mass is 16.6. The Labute approximate surface area is 180 Å². The van der Waals surface area contributed by atoms with E-state index in [0.717, 1.165) is 18.8 Å². The predicted octanol–water partition coefficient (Wildman–Crippen LogP) is 8.04. The molecule has 1 aliphatic heterocycles. The van der Waals surface area contributed by atoms with Gasteiger partial charge in [-0.25, -0.2) is 0 Å². The lowest BCUT2D eigenvalue weighted by Crippen LogP contribution is -2.16. The average molecular weight is 401 g/mol. The molecule has 0 N–H and O–H groups in total. The zero-order chi connectivity index (χ0) is 20.6. The number of ether oxygens (including phenoxy) is 2. The Morgan fingerprint density at radius 3 is 2.17 bits per heavy atom. The highest BCUT2D eigenvalue weighted by molar-refractivity contribution is 5.28. The fourth-order valence-electron chi connectivity index (χ4n) is 3.63. The van der Waals surface area contributed by atoms with Gasteiger partial charge in [-0.3, -0.25) is 0 Å². The minimum atomic E-state index is -0.0430. The molecule has 1 aromatic carbocycles. The van der Waals surface area contributed by atoms with Crippen LogP contribution >= 0.6 is 0 Å². The summed E-state index contributed by atoms with van der Waals surface area (Å²) in [5, 5.41) is 0. The third-order valence-corrected chi connectivity index (χ3v) is 5.81. The molecule has 0 aliphatic carbocycles. The van der Waals surface area contributed by atoms with Crippen LogP contribution in [-0.4, -0.2) is 18.8 Å². The van der Waals surface area contributed by atoms with Crippen molar-refractivity contribution in [3.05, 3.63) is 42.0 Å². The Hall–Kier alpha value is -1.28. The molecule has 1 aromatic rings. The Bertz CT molecular complexity index is 559.